The standard InChI is InChI=1S/C16H20FN5O/c1-11(14-21-19-10-22(14)2)20-15(23)18-9-16(7-8-16)12-3-5-13(17)6-4-12/h3-6,10-11H,7-9H2,1-2H3,(H2,18,20,23). The minimum atomic E-state index is -0.243. The van der Waals surface area contributed by atoms with Crippen LogP contribution in [0.25, 0.3) is 0 Å². The third-order valence-electron chi connectivity index (χ3n) is 4.38. The van der Waals surface area contributed by atoms with E-state index in [1.807, 2.05) is 14.0 Å². The van der Waals surface area contributed by atoms with Crippen molar-refractivity contribution in [3.63, 3.8) is 0 Å². The highest BCUT2D eigenvalue weighted by Gasteiger charge is 2.44. The molecular weight excluding hydrogens is 297 g/mol. The first-order valence-corrected chi connectivity index (χ1v) is 7.64. The topological polar surface area (TPSA) is 71.8 Å². The predicted molar refractivity (Wildman–Crippen MR) is 83.3 cm³/mol. The number of rotatable bonds is 5. The lowest BCUT2D eigenvalue weighted by molar-refractivity contribution is 0.236. The van der Waals surface area contributed by atoms with Crippen LogP contribution in [0.5, 0.6) is 0 Å². The molecule has 1 fully saturated rings. The van der Waals surface area contributed by atoms with Crippen LogP contribution in [0.3, 0.4) is 0 Å². The molecule has 1 aromatic carbocycles. The summed E-state index contributed by atoms with van der Waals surface area (Å²) < 4.78 is 14.8. The molecule has 0 radical (unpaired) electrons. The molecule has 1 saturated carbocycles. The zero-order valence-electron chi connectivity index (χ0n) is 13.2. The van der Waals surface area contributed by atoms with E-state index in [1.165, 1.54) is 12.1 Å². The van der Waals surface area contributed by atoms with E-state index in [9.17, 15) is 9.18 Å². The summed E-state index contributed by atoms with van der Waals surface area (Å²) in [6, 6.07) is 6.04. The van der Waals surface area contributed by atoms with Crippen molar-refractivity contribution in [3.8, 4) is 0 Å². The molecule has 0 spiro atoms. The zero-order chi connectivity index (χ0) is 16.4. The maximum absolute atomic E-state index is 13.0. The second-order valence-corrected chi connectivity index (χ2v) is 6.14. The minimum Gasteiger partial charge on any atom is -0.337 e. The molecule has 1 aliphatic rings. The number of benzene rings is 1. The zero-order valence-corrected chi connectivity index (χ0v) is 13.2. The summed E-state index contributed by atoms with van der Waals surface area (Å²) in [5, 5.41) is 13.5. The van der Waals surface area contributed by atoms with Gasteiger partial charge in [-0.3, -0.25) is 0 Å². The van der Waals surface area contributed by atoms with Crippen molar-refractivity contribution in [3.05, 3.63) is 47.8 Å². The van der Waals surface area contributed by atoms with E-state index in [1.54, 1.807) is 23.0 Å². The Kier molecular flexibility index (Phi) is 4.02. The van der Waals surface area contributed by atoms with E-state index < -0.39 is 0 Å². The Morgan fingerprint density at radius 2 is 2.09 bits per heavy atom. The first-order valence-electron chi connectivity index (χ1n) is 7.64. The Morgan fingerprint density at radius 3 is 2.65 bits per heavy atom. The summed E-state index contributed by atoms with van der Waals surface area (Å²) in [6.45, 7) is 2.40. The Morgan fingerprint density at radius 1 is 1.39 bits per heavy atom. The second kappa shape index (κ2) is 5.98. The van der Waals surface area contributed by atoms with Crippen LogP contribution in [0.2, 0.25) is 0 Å². The van der Waals surface area contributed by atoms with E-state index >= 15 is 0 Å². The number of amides is 2. The van der Waals surface area contributed by atoms with Gasteiger partial charge in [0.15, 0.2) is 5.82 Å². The number of hydrogen-bond acceptors (Lipinski definition) is 3. The van der Waals surface area contributed by atoms with Gasteiger partial charge < -0.3 is 15.2 Å². The van der Waals surface area contributed by atoms with Crippen LogP contribution in [-0.4, -0.2) is 27.3 Å². The van der Waals surface area contributed by atoms with Crippen molar-refractivity contribution in [1.82, 2.24) is 25.4 Å². The Bertz CT molecular complexity index is 693. The van der Waals surface area contributed by atoms with Gasteiger partial charge in [0.05, 0.1) is 6.04 Å². The number of nitrogens with zero attached hydrogens (tertiary/aromatic N) is 3. The molecule has 2 N–H and O–H groups in total. The van der Waals surface area contributed by atoms with Crippen molar-refractivity contribution < 1.29 is 9.18 Å². The summed E-state index contributed by atoms with van der Waals surface area (Å²) in [7, 11) is 1.83. The van der Waals surface area contributed by atoms with E-state index in [0.717, 1.165) is 18.4 Å². The highest BCUT2D eigenvalue weighted by molar-refractivity contribution is 5.74. The summed E-state index contributed by atoms with van der Waals surface area (Å²) >= 11 is 0. The molecule has 2 amide bonds. The van der Waals surface area contributed by atoms with Crippen LogP contribution in [0.1, 0.15) is 37.2 Å². The molecular formula is C16H20FN5O. The number of hydrogen-bond donors (Lipinski definition) is 2. The van der Waals surface area contributed by atoms with Gasteiger partial charge in [-0.15, -0.1) is 10.2 Å². The highest BCUT2D eigenvalue weighted by atomic mass is 19.1. The molecule has 1 unspecified atom stereocenters. The fourth-order valence-electron chi connectivity index (χ4n) is 2.77. The van der Waals surface area contributed by atoms with Crippen LogP contribution in [0.4, 0.5) is 9.18 Å². The van der Waals surface area contributed by atoms with Crippen LogP contribution in [0, 0.1) is 5.82 Å². The molecule has 0 aliphatic heterocycles. The lowest BCUT2D eigenvalue weighted by atomic mass is 9.96. The molecule has 1 aliphatic carbocycles. The van der Waals surface area contributed by atoms with Gasteiger partial charge >= 0.3 is 6.03 Å². The highest BCUT2D eigenvalue weighted by Crippen LogP contribution is 2.47. The van der Waals surface area contributed by atoms with E-state index in [-0.39, 0.29) is 23.3 Å². The van der Waals surface area contributed by atoms with Gasteiger partial charge in [0.1, 0.15) is 12.1 Å². The third kappa shape index (κ3) is 3.33. The molecule has 23 heavy (non-hydrogen) atoms. The van der Waals surface area contributed by atoms with Crippen LogP contribution in [0.15, 0.2) is 30.6 Å². The van der Waals surface area contributed by atoms with Crippen LogP contribution >= 0.6 is 0 Å². The van der Waals surface area contributed by atoms with Gasteiger partial charge in [0, 0.05) is 19.0 Å². The van der Waals surface area contributed by atoms with Crippen molar-refractivity contribution in [2.24, 2.45) is 7.05 Å². The lowest BCUT2D eigenvalue weighted by Crippen LogP contribution is -2.41. The molecule has 1 aromatic heterocycles. The number of carbonyl (C=O) groups excluding carboxylic acids is 1. The van der Waals surface area contributed by atoms with Crippen LogP contribution in [-0.2, 0) is 12.5 Å². The number of halogens is 1. The smallest absolute Gasteiger partial charge is 0.315 e. The molecule has 3 rings (SSSR count). The quantitative estimate of drug-likeness (QED) is 0.886. The average molecular weight is 317 g/mol. The predicted octanol–water partition coefficient (Wildman–Crippen LogP) is 2.05. The fourth-order valence-corrected chi connectivity index (χ4v) is 2.77. The largest absolute Gasteiger partial charge is 0.337 e. The summed E-state index contributed by atoms with van der Waals surface area (Å²) in [6.07, 6.45) is 3.59. The van der Waals surface area contributed by atoms with Gasteiger partial charge in [0.2, 0.25) is 0 Å². The molecule has 2 aromatic rings. The van der Waals surface area contributed by atoms with Gasteiger partial charge in [-0.2, -0.15) is 0 Å². The maximum Gasteiger partial charge on any atom is 0.315 e. The average Bonchev–Trinajstić information content (AvgIpc) is 3.20. The second-order valence-electron chi connectivity index (χ2n) is 6.14. The SMILES string of the molecule is CC(NC(=O)NCC1(c2ccc(F)cc2)CC1)c1nncn1C. The summed E-state index contributed by atoms with van der Waals surface area (Å²) in [5.74, 6) is 0.451. The normalized spacial score (nSPS) is 16.7. The monoisotopic (exact) mass is 317 g/mol. The van der Waals surface area contributed by atoms with Gasteiger partial charge in [0.25, 0.3) is 0 Å². The maximum atomic E-state index is 13.0. The third-order valence-corrected chi connectivity index (χ3v) is 4.38. The molecule has 7 heteroatoms. The van der Waals surface area contributed by atoms with Gasteiger partial charge in [-0.05, 0) is 37.5 Å². The fraction of sp³-hybridized carbons (Fsp3) is 0.438. The number of urea groups is 1. The summed E-state index contributed by atoms with van der Waals surface area (Å²) in [5.41, 5.74) is 1.01. The molecule has 122 valence electrons. The van der Waals surface area contributed by atoms with E-state index in [0.29, 0.717) is 12.4 Å². The van der Waals surface area contributed by atoms with Crippen molar-refractivity contribution in [1.29, 1.82) is 0 Å². The molecule has 0 saturated heterocycles. The lowest BCUT2D eigenvalue weighted by Gasteiger charge is -2.18. The number of aromatic nitrogens is 3. The molecule has 1 heterocycles. The molecule has 6 nitrogen and oxygen atoms in total. The van der Waals surface area contributed by atoms with Crippen molar-refractivity contribution >= 4 is 6.03 Å². The Labute approximate surface area is 134 Å². The van der Waals surface area contributed by atoms with Gasteiger partial charge in [-0.1, -0.05) is 12.1 Å². The number of aryl methyl sites for hydroxylation is 1. The van der Waals surface area contributed by atoms with Crippen molar-refractivity contribution in [2.75, 3.05) is 6.54 Å². The Balaban J connectivity index is 1.55. The first kappa shape index (κ1) is 15.5. The van der Waals surface area contributed by atoms with Crippen LogP contribution < -0.4 is 10.6 Å². The van der Waals surface area contributed by atoms with Gasteiger partial charge in [-0.25, -0.2) is 9.18 Å². The van der Waals surface area contributed by atoms with Crippen molar-refractivity contribution in [2.45, 2.75) is 31.2 Å². The minimum absolute atomic E-state index is 0.0565. The number of carbonyl (C=O) groups is 1. The van der Waals surface area contributed by atoms with E-state index in [4.69, 9.17) is 0 Å². The Hall–Kier alpha value is -2.44. The molecule has 0 bridgehead atoms. The first-order chi connectivity index (χ1) is 11.0. The van der Waals surface area contributed by atoms with E-state index in [2.05, 4.69) is 20.8 Å². The summed E-state index contributed by atoms with van der Waals surface area (Å²) in [4.78, 5) is 12.1. The number of nitrogens with one attached hydrogen (secondary N) is 2. The molecule has 1 atom stereocenters.